The lowest BCUT2D eigenvalue weighted by Gasteiger charge is -2.54. The van der Waals surface area contributed by atoms with Crippen molar-refractivity contribution in [3.8, 4) is 0 Å². The van der Waals surface area contributed by atoms with Crippen LogP contribution in [0.3, 0.4) is 0 Å². The Balaban J connectivity index is 1.76. The van der Waals surface area contributed by atoms with E-state index in [2.05, 4.69) is 22.9 Å². The Hall–Kier alpha value is -1.24. The van der Waals surface area contributed by atoms with E-state index in [9.17, 15) is 9.35 Å². The fraction of sp³-hybridized carbons (Fsp3) is 0.667. The van der Waals surface area contributed by atoms with E-state index >= 15 is 0 Å². The van der Waals surface area contributed by atoms with Gasteiger partial charge in [-0.15, -0.1) is 4.72 Å². The first-order valence-electron chi connectivity index (χ1n) is 9.69. The smallest absolute Gasteiger partial charge is 0.410 e. The van der Waals surface area contributed by atoms with Gasteiger partial charge in [0.1, 0.15) is 10.3 Å². The summed E-state index contributed by atoms with van der Waals surface area (Å²) in [5.41, 5.74) is 2.02. The predicted octanol–water partition coefficient (Wildman–Crippen LogP) is 4.06. The van der Waals surface area contributed by atoms with Crippen molar-refractivity contribution in [3.63, 3.8) is 0 Å². The number of nitrogens with zero attached hydrogens (tertiary/aromatic N) is 1. The number of hydrogen-bond donors (Lipinski definition) is 1. The molecule has 1 fully saturated rings. The molecule has 0 radical (unpaired) electrons. The highest BCUT2D eigenvalue weighted by Gasteiger charge is 2.55. The fourth-order valence-electron chi connectivity index (χ4n) is 4.01. The Morgan fingerprint density at radius 1 is 1.19 bits per heavy atom. The summed E-state index contributed by atoms with van der Waals surface area (Å²) in [5.74, 6) is 0. The lowest BCUT2D eigenvalue weighted by Crippen LogP contribution is -2.59. The summed E-state index contributed by atoms with van der Waals surface area (Å²) in [6.07, 6.45) is 1.46. The number of rotatable bonds is 2. The molecule has 1 aliphatic carbocycles. The third-order valence-electron chi connectivity index (χ3n) is 5.45. The molecule has 2 atom stereocenters. The van der Waals surface area contributed by atoms with Gasteiger partial charge in [-0.2, -0.15) is 0 Å². The Labute approximate surface area is 166 Å². The van der Waals surface area contributed by atoms with Gasteiger partial charge in [-0.25, -0.2) is 4.79 Å². The Kier molecular flexibility index (Phi) is 5.30. The number of nitrogens with one attached hydrogen (secondary N) is 1. The van der Waals surface area contributed by atoms with Gasteiger partial charge in [0.2, 0.25) is 0 Å². The summed E-state index contributed by atoms with van der Waals surface area (Å²) in [7, 11) is 0. The van der Waals surface area contributed by atoms with E-state index in [4.69, 9.17) is 4.74 Å². The molecule has 1 N–H and O–H groups in total. The zero-order chi connectivity index (χ0) is 20.0. The van der Waals surface area contributed by atoms with Crippen LogP contribution in [-0.4, -0.2) is 39.0 Å². The first kappa shape index (κ1) is 20.5. The average molecular weight is 393 g/mol. The standard InChI is InChI=1S/C21H32N2O3S/c1-19(2,3)26-18(24)23-13-11-21(12-14-23)16-10-8-7-9-15(16)17(21)22-27(25)20(4,5)6/h7-10,17,22H,11-14H2,1-6H3/t17-,27?/m1/s1. The van der Waals surface area contributed by atoms with E-state index in [-0.39, 0.29) is 22.3 Å². The molecule has 0 bridgehead atoms. The summed E-state index contributed by atoms with van der Waals surface area (Å²) in [5, 5.41) is 0. The van der Waals surface area contributed by atoms with Crippen LogP contribution in [0.25, 0.3) is 0 Å². The van der Waals surface area contributed by atoms with Gasteiger partial charge in [-0.3, -0.25) is 0 Å². The fourth-order valence-corrected chi connectivity index (χ4v) is 4.93. The van der Waals surface area contributed by atoms with Crippen molar-refractivity contribution < 1.29 is 14.1 Å². The molecule has 27 heavy (non-hydrogen) atoms. The molecule has 1 aromatic carbocycles. The second-order valence-electron chi connectivity index (χ2n) is 9.64. The van der Waals surface area contributed by atoms with Gasteiger partial charge in [-0.05, 0) is 65.5 Å². The number of hydrogen-bond acceptors (Lipinski definition) is 4. The molecule has 1 aliphatic heterocycles. The summed E-state index contributed by atoms with van der Waals surface area (Å²) in [6.45, 7) is 12.9. The minimum atomic E-state index is -1.14. The molecule has 6 heteroatoms. The van der Waals surface area contributed by atoms with Crippen LogP contribution in [0.5, 0.6) is 0 Å². The summed E-state index contributed by atoms with van der Waals surface area (Å²) < 4.78 is 21.3. The van der Waals surface area contributed by atoms with Crippen molar-refractivity contribution >= 4 is 17.5 Å². The van der Waals surface area contributed by atoms with Crippen LogP contribution >= 0.6 is 0 Å². The number of ether oxygens (including phenoxy) is 1. The lowest BCUT2D eigenvalue weighted by atomic mass is 9.56. The molecule has 1 saturated heterocycles. The zero-order valence-corrected chi connectivity index (χ0v) is 18.1. The normalized spacial score (nSPS) is 22.8. The summed E-state index contributed by atoms with van der Waals surface area (Å²) in [6, 6.07) is 8.47. The molecule has 1 amide bonds. The number of carbonyl (C=O) groups is 1. The molecule has 2 aliphatic rings. The summed E-state index contributed by atoms with van der Waals surface area (Å²) in [4.78, 5) is 14.2. The summed E-state index contributed by atoms with van der Waals surface area (Å²) >= 11 is -1.14. The third kappa shape index (κ3) is 3.98. The molecule has 1 heterocycles. The molecule has 0 aromatic heterocycles. The quantitative estimate of drug-likeness (QED) is 0.771. The van der Waals surface area contributed by atoms with E-state index in [1.165, 1.54) is 11.1 Å². The van der Waals surface area contributed by atoms with Crippen molar-refractivity contribution in [1.82, 2.24) is 9.62 Å². The van der Waals surface area contributed by atoms with Crippen molar-refractivity contribution in [2.24, 2.45) is 0 Å². The van der Waals surface area contributed by atoms with E-state index in [1.807, 2.05) is 47.6 Å². The van der Waals surface area contributed by atoms with E-state index in [0.29, 0.717) is 13.1 Å². The largest absolute Gasteiger partial charge is 0.598 e. The van der Waals surface area contributed by atoms with Crippen molar-refractivity contribution in [3.05, 3.63) is 35.4 Å². The predicted molar refractivity (Wildman–Crippen MR) is 109 cm³/mol. The van der Waals surface area contributed by atoms with Crippen LogP contribution in [0.1, 0.15) is 71.6 Å². The number of amides is 1. The van der Waals surface area contributed by atoms with Crippen LogP contribution in [0.15, 0.2) is 24.3 Å². The Bertz CT molecular complexity index is 700. The molecule has 150 valence electrons. The van der Waals surface area contributed by atoms with Crippen LogP contribution in [0.4, 0.5) is 4.79 Å². The second kappa shape index (κ2) is 6.98. The maximum atomic E-state index is 12.7. The van der Waals surface area contributed by atoms with Crippen LogP contribution in [-0.2, 0) is 21.5 Å². The van der Waals surface area contributed by atoms with Gasteiger partial charge >= 0.3 is 6.09 Å². The highest BCUT2D eigenvalue weighted by Crippen LogP contribution is 2.56. The topological polar surface area (TPSA) is 64.6 Å². The molecule has 1 spiro atoms. The van der Waals surface area contributed by atoms with Crippen molar-refractivity contribution in [1.29, 1.82) is 0 Å². The van der Waals surface area contributed by atoms with E-state index < -0.39 is 17.0 Å². The van der Waals surface area contributed by atoms with E-state index in [0.717, 1.165) is 12.8 Å². The average Bonchev–Trinajstić information content (AvgIpc) is 2.57. The van der Waals surface area contributed by atoms with Gasteiger partial charge in [0.25, 0.3) is 0 Å². The Morgan fingerprint density at radius 3 is 2.33 bits per heavy atom. The van der Waals surface area contributed by atoms with E-state index in [1.54, 1.807) is 4.90 Å². The highest BCUT2D eigenvalue weighted by atomic mass is 32.2. The number of piperidine rings is 1. The molecule has 1 aromatic rings. The van der Waals surface area contributed by atoms with Gasteiger partial charge in [0.05, 0.1) is 6.04 Å². The van der Waals surface area contributed by atoms with Crippen LogP contribution in [0, 0.1) is 0 Å². The monoisotopic (exact) mass is 392 g/mol. The minimum absolute atomic E-state index is 0.0595. The van der Waals surface area contributed by atoms with Crippen LogP contribution < -0.4 is 4.72 Å². The molecule has 1 unspecified atom stereocenters. The third-order valence-corrected chi connectivity index (χ3v) is 7.01. The maximum Gasteiger partial charge on any atom is 0.410 e. The van der Waals surface area contributed by atoms with Gasteiger partial charge in [-0.1, -0.05) is 24.3 Å². The van der Waals surface area contributed by atoms with Gasteiger partial charge in [0, 0.05) is 29.9 Å². The Morgan fingerprint density at radius 2 is 1.78 bits per heavy atom. The van der Waals surface area contributed by atoms with Gasteiger partial charge < -0.3 is 14.2 Å². The first-order chi connectivity index (χ1) is 12.4. The number of fused-ring (bicyclic) bond motifs is 2. The van der Waals surface area contributed by atoms with Crippen molar-refractivity contribution in [2.45, 2.75) is 76.2 Å². The van der Waals surface area contributed by atoms with Crippen molar-refractivity contribution in [2.75, 3.05) is 13.1 Å². The molecule has 0 saturated carbocycles. The first-order valence-corrected chi connectivity index (χ1v) is 10.8. The lowest BCUT2D eigenvalue weighted by molar-refractivity contribution is 0.0122. The minimum Gasteiger partial charge on any atom is -0.598 e. The molecule has 3 rings (SSSR count). The highest BCUT2D eigenvalue weighted by molar-refractivity contribution is 7.90. The molecular weight excluding hydrogens is 360 g/mol. The maximum absolute atomic E-state index is 12.7. The number of carbonyl (C=O) groups excluding carboxylic acids is 1. The van der Waals surface area contributed by atoms with Gasteiger partial charge in [0.15, 0.2) is 0 Å². The molecule has 5 nitrogen and oxygen atoms in total. The zero-order valence-electron chi connectivity index (χ0n) is 17.3. The van der Waals surface area contributed by atoms with Crippen LogP contribution in [0.2, 0.25) is 0 Å². The molecular formula is C21H32N2O3S. The second-order valence-corrected chi connectivity index (χ2v) is 11.6. The number of benzene rings is 1. The SMILES string of the molecule is CC(C)(C)OC(=O)N1CCC2(CC1)c1ccccc1[C@H]2N[S+]([O-])C(C)(C)C. The number of likely N-dealkylation sites (tertiary alicyclic amines) is 1.